The van der Waals surface area contributed by atoms with Gasteiger partial charge in [0, 0.05) is 16.9 Å². The molecular formula is C21H21BrN2O3. The van der Waals surface area contributed by atoms with Crippen molar-refractivity contribution in [3.63, 3.8) is 0 Å². The van der Waals surface area contributed by atoms with Crippen LogP contribution in [0.4, 0.5) is 0 Å². The lowest BCUT2D eigenvalue weighted by molar-refractivity contribution is -0.166. The molecule has 4 rings (SSSR count). The van der Waals surface area contributed by atoms with Crippen LogP contribution in [-0.2, 0) is 16.0 Å². The molecule has 0 aromatic heterocycles. The first kappa shape index (κ1) is 18.2. The molecule has 2 saturated heterocycles. The molecule has 3 atom stereocenters. The van der Waals surface area contributed by atoms with Crippen LogP contribution in [0.5, 0.6) is 0 Å². The number of carbonyl (C=O) groups excluding carboxylic acids is 2. The van der Waals surface area contributed by atoms with E-state index in [0.29, 0.717) is 13.0 Å². The molecule has 2 heterocycles. The summed E-state index contributed by atoms with van der Waals surface area (Å²) in [6, 6.07) is 17.3. The monoisotopic (exact) mass is 428 g/mol. The Kier molecular flexibility index (Phi) is 5.02. The van der Waals surface area contributed by atoms with Crippen molar-refractivity contribution >= 4 is 27.7 Å². The summed E-state index contributed by atoms with van der Waals surface area (Å²) >= 11 is 3.44. The highest BCUT2D eigenvalue weighted by atomic mass is 79.9. The Morgan fingerprint density at radius 3 is 2.48 bits per heavy atom. The van der Waals surface area contributed by atoms with Gasteiger partial charge in [0.15, 0.2) is 0 Å². The Bertz CT molecular complexity index is 840. The van der Waals surface area contributed by atoms with E-state index < -0.39 is 0 Å². The summed E-state index contributed by atoms with van der Waals surface area (Å²) in [5.74, 6) is -0.0735. The van der Waals surface area contributed by atoms with Crippen molar-refractivity contribution in [2.75, 3.05) is 19.7 Å². The molecule has 0 spiro atoms. The number of fused-ring (bicyclic) bond motifs is 1. The van der Waals surface area contributed by atoms with Crippen LogP contribution < -0.4 is 0 Å². The van der Waals surface area contributed by atoms with Crippen LogP contribution in [0.3, 0.4) is 0 Å². The van der Waals surface area contributed by atoms with Crippen molar-refractivity contribution in [2.45, 2.75) is 24.4 Å². The normalized spacial score (nSPS) is 24.4. The van der Waals surface area contributed by atoms with Gasteiger partial charge in [0.25, 0.3) is 0 Å². The Morgan fingerprint density at radius 1 is 1.11 bits per heavy atom. The summed E-state index contributed by atoms with van der Waals surface area (Å²) in [4.78, 5) is 28.8. The highest BCUT2D eigenvalue weighted by Gasteiger charge is 2.54. The number of halogens is 1. The maximum atomic E-state index is 12.7. The van der Waals surface area contributed by atoms with Crippen molar-refractivity contribution in [1.82, 2.24) is 9.80 Å². The van der Waals surface area contributed by atoms with Gasteiger partial charge in [0.2, 0.25) is 11.8 Å². The quantitative estimate of drug-likeness (QED) is 0.811. The number of hydrogen-bond donors (Lipinski definition) is 1. The van der Waals surface area contributed by atoms with Crippen molar-refractivity contribution in [2.24, 2.45) is 0 Å². The number of nitrogens with zero attached hydrogens (tertiary/aromatic N) is 2. The Labute approximate surface area is 166 Å². The van der Waals surface area contributed by atoms with Crippen LogP contribution in [-0.4, -0.2) is 58.5 Å². The number of aliphatic hydroxyl groups excluding tert-OH is 1. The van der Waals surface area contributed by atoms with Crippen LogP contribution in [0.2, 0.25) is 0 Å². The number of carbonyl (C=O) groups is 2. The largest absolute Gasteiger partial charge is 0.394 e. The highest BCUT2D eigenvalue weighted by molar-refractivity contribution is 9.10. The Hall–Kier alpha value is -2.18. The van der Waals surface area contributed by atoms with Gasteiger partial charge in [-0.2, -0.15) is 0 Å². The molecule has 2 aliphatic rings. The zero-order valence-electron chi connectivity index (χ0n) is 14.8. The lowest BCUT2D eigenvalue weighted by Crippen LogP contribution is -2.73. The van der Waals surface area contributed by atoms with Crippen molar-refractivity contribution in [1.29, 1.82) is 0 Å². The van der Waals surface area contributed by atoms with Gasteiger partial charge in [-0.25, -0.2) is 0 Å². The Morgan fingerprint density at radius 2 is 1.81 bits per heavy atom. The zero-order chi connectivity index (χ0) is 19.0. The van der Waals surface area contributed by atoms with Gasteiger partial charge in [0.1, 0.15) is 0 Å². The average molecular weight is 429 g/mol. The third-order valence-electron chi connectivity index (χ3n) is 5.56. The van der Waals surface area contributed by atoms with E-state index in [1.807, 2.05) is 54.6 Å². The standard InChI is InChI=1S/C21H21BrN2O3/c22-16-8-6-15(7-9-16)21-17-11-23(12-20(27)24(17)18(21)13-25)19(26)10-14-4-2-1-3-5-14/h1-9,17-18,21,25H,10-13H2/t17-,18+,21+/m0/s1. The fourth-order valence-corrected chi connectivity index (χ4v) is 4.52. The van der Waals surface area contributed by atoms with E-state index in [-0.39, 0.29) is 43.0 Å². The van der Waals surface area contributed by atoms with Crippen LogP contribution in [0.15, 0.2) is 59.1 Å². The van der Waals surface area contributed by atoms with E-state index in [4.69, 9.17) is 0 Å². The summed E-state index contributed by atoms with van der Waals surface area (Å²) in [5.41, 5.74) is 2.03. The smallest absolute Gasteiger partial charge is 0.242 e. The summed E-state index contributed by atoms with van der Waals surface area (Å²) in [7, 11) is 0. The van der Waals surface area contributed by atoms with E-state index in [1.165, 1.54) is 0 Å². The molecular weight excluding hydrogens is 408 g/mol. The van der Waals surface area contributed by atoms with Crippen LogP contribution >= 0.6 is 15.9 Å². The molecule has 0 unspecified atom stereocenters. The molecule has 2 aromatic carbocycles. The van der Waals surface area contributed by atoms with Crippen LogP contribution in [0, 0.1) is 0 Å². The zero-order valence-corrected chi connectivity index (χ0v) is 16.4. The van der Waals surface area contributed by atoms with Gasteiger partial charge >= 0.3 is 0 Å². The molecule has 2 amide bonds. The molecule has 0 aliphatic carbocycles. The first-order chi connectivity index (χ1) is 13.1. The molecule has 1 N–H and O–H groups in total. The lowest BCUT2D eigenvalue weighted by atomic mass is 9.73. The lowest BCUT2D eigenvalue weighted by Gasteiger charge is -2.58. The third kappa shape index (κ3) is 3.39. The molecule has 2 fully saturated rings. The molecule has 0 radical (unpaired) electrons. The summed E-state index contributed by atoms with van der Waals surface area (Å²) in [5, 5.41) is 9.82. The van der Waals surface area contributed by atoms with Gasteiger partial charge in [0.05, 0.1) is 31.7 Å². The second-order valence-corrected chi connectivity index (χ2v) is 8.05. The van der Waals surface area contributed by atoms with E-state index >= 15 is 0 Å². The van der Waals surface area contributed by atoms with Gasteiger partial charge in [-0.05, 0) is 23.3 Å². The second-order valence-electron chi connectivity index (χ2n) is 7.13. The molecule has 140 valence electrons. The number of aliphatic hydroxyl groups is 1. The predicted octanol–water partition coefficient (Wildman–Crippen LogP) is 2.19. The third-order valence-corrected chi connectivity index (χ3v) is 6.09. The number of piperazine rings is 1. The molecule has 27 heavy (non-hydrogen) atoms. The Balaban J connectivity index is 1.52. The van der Waals surface area contributed by atoms with Crippen LogP contribution in [0.25, 0.3) is 0 Å². The number of benzene rings is 2. The number of hydrogen-bond acceptors (Lipinski definition) is 3. The number of rotatable bonds is 4. The summed E-state index contributed by atoms with van der Waals surface area (Å²) in [6.45, 7) is 0.529. The van der Waals surface area contributed by atoms with E-state index in [1.54, 1.807) is 9.80 Å². The number of amides is 2. The van der Waals surface area contributed by atoms with Gasteiger partial charge < -0.3 is 14.9 Å². The minimum Gasteiger partial charge on any atom is -0.394 e. The average Bonchev–Trinajstić information content (AvgIpc) is 2.65. The maximum Gasteiger partial charge on any atom is 0.242 e. The minimum absolute atomic E-state index is 0.0313. The summed E-state index contributed by atoms with van der Waals surface area (Å²) < 4.78 is 0.988. The van der Waals surface area contributed by atoms with Crippen molar-refractivity contribution in [3.8, 4) is 0 Å². The second kappa shape index (κ2) is 7.44. The van der Waals surface area contributed by atoms with E-state index in [2.05, 4.69) is 15.9 Å². The van der Waals surface area contributed by atoms with Gasteiger partial charge in [-0.15, -0.1) is 0 Å². The molecule has 6 heteroatoms. The first-order valence-corrected chi connectivity index (χ1v) is 9.87. The van der Waals surface area contributed by atoms with Gasteiger partial charge in [-0.1, -0.05) is 58.4 Å². The molecule has 0 saturated carbocycles. The highest BCUT2D eigenvalue weighted by Crippen LogP contribution is 2.43. The topological polar surface area (TPSA) is 60.9 Å². The fraction of sp³-hybridized carbons (Fsp3) is 0.333. The molecule has 5 nitrogen and oxygen atoms in total. The van der Waals surface area contributed by atoms with Gasteiger partial charge in [-0.3, -0.25) is 9.59 Å². The molecule has 2 aliphatic heterocycles. The molecule has 0 bridgehead atoms. The SMILES string of the molecule is O=C(Cc1ccccc1)N1CC(=O)N2[C@H](CO)[C@H](c3ccc(Br)cc3)[C@@H]2C1. The van der Waals surface area contributed by atoms with E-state index in [0.717, 1.165) is 15.6 Å². The van der Waals surface area contributed by atoms with Crippen LogP contribution in [0.1, 0.15) is 17.0 Å². The minimum atomic E-state index is -0.213. The first-order valence-electron chi connectivity index (χ1n) is 9.07. The van der Waals surface area contributed by atoms with Crippen molar-refractivity contribution < 1.29 is 14.7 Å². The molecule has 2 aromatic rings. The van der Waals surface area contributed by atoms with Crippen molar-refractivity contribution in [3.05, 3.63) is 70.2 Å². The summed E-state index contributed by atoms with van der Waals surface area (Å²) in [6.07, 6.45) is 0.299. The van der Waals surface area contributed by atoms with E-state index in [9.17, 15) is 14.7 Å². The maximum absolute atomic E-state index is 12.7. The fourth-order valence-electron chi connectivity index (χ4n) is 4.26. The predicted molar refractivity (Wildman–Crippen MR) is 105 cm³/mol.